The summed E-state index contributed by atoms with van der Waals surface area (Å²) < 4.78 is 27.7. The zero-order valence-electron chi connectivity index (χ0n) is 16.7. The SMILES string of the molecule is CN=C(NCCNS(=O)(=O)c1cc(C)ccc1C)N(C)CCc1cccs1.I. The summed E-state index contributed by atoms with van der Waals surface area (Å²) in [6, 6.07) is 9.60. The molecule has 9 heteroatoms. The number of thiophene rings is 1. The maximum absolute atomic E-state index is 12.5. The Balaban J connectivity index is 0.00000392. The Morgan fingerprint density at radius 2 is 1.96 bits per heavy atom. The van der Waals surface area contributed by atoms with Gasteiger partial charge in [0.05, 0.1) is 4.90 Å². The van der Waals surface area contributed by atoms with Crippen molar-refractivity contribution in [3.05, 3.63) is 51.7 Å². The van der Waals surface area contributed by atoms with Gasteiger partial charge in [0.25, 0.3) is 0 Å². The lowest BCUT2D eigenvalue weighted by Gasteiger charge is -2.22. The van der Waals surface area contributed by atoms with Gasteiger partial charge in [-0.3, -0.25) is 4.99 Å². The summed E-state index contributed by atoms with van der Waals surface area (Å²) in [5.74, 6) is 0.748. The third-order valence-corrected chi connectivity index (χ3v) is 6.72. The van der Waals surface area contributed by atoms with E-state index in [1.807, 2.05) is 31.0 Å². The van der Waals surface area contributed by atoms with Gasteiger partial charge in [0, 0.05) is 38.6 Å². The van der Waals surface area contributed by atoms with Gasteiger partial charge < -0.3 is 10.2 Å². The fourth-order valence-corrected chi connectivity index (χ4v) is 4.72. The van der Waals surface area contributed by atoms with Crippen molar-refractivity contribution >= 4 is 51.3 Å². The van der Waals surface area contributed by atoms with Crippen LogP contribution in [0.3, 0.4) is 0 Å². The van der Waals surface area contributed by atoms with Crippen molar-refractivity contribution < 1.29 is 8.42 Å². The zero-order chi connectivity index (χ0) is 19.9. The number of benzene rings is 1. The van der Waals surface area contributed by atoms with Crippen molar-refractivity contribution in [2.75, 3.05) is 33.7 Å². The minimum atomic E-state index is -3.52. The Morgan fingerprint density at radius 3 is 2.61 bits per heavy atom. The molecule has 0 saturated heterocycles. The van der Waals surface area contributed by atoms with Crippen molar-refractivity contribution in [3.8, 4) is 0 Å². The number of nitrogens with one attached hydrogen (secondary N) is 2. The molecule has 0 fully saturated rings. The topological polar surface area (TPSA) is 73.8 Å². The Kier molecular flexibility index (Phi) is 10.4. The molecular weight excluding hydrogens is 507 g/mol. The van der Waals surface area contributed by atoms with Crippen LogP contribution in [0.1, 0.15) is 16.0 Å². The average Bonchev–Trinajstić information content (AvgIpc) is 3.15. The molecule has 2 rings (SSSR count). The number of aryl methyl sites for hydroxylation is 2. The monoisotopic (exact) mass is 536 g/mol. The Bertz CT molecular complexity index is 868. The van der Waals surface area contributed by atoms with Gasteiger partial charge in [-0.2, -0.15) is 0 Å². The van der Waals surface area contributed by atoms with Crippen LogP contribution in [-0.2, 0) is 16.4 Å². The fourth-order valence-electron chi connectivity index (χ4n) is 2.66. The molecule has 156 valence electrons. The number of halogens is 1. The maximum atomic E-state index is 12.5. The van der Waals surface area contributed by atoms with Gasteiger partial charge >= 0.3 is 0 Å². The van der Waals surface area contributed by atoms with Crippen LogP contribution >= 0.6 is 35.3 Å². The number of sulfonamides is 1. The molecule has 0 atom stereocenters. The van der Waals surface area contributed by atoms with Crippen molar-refractivity contribution in [2.24, 2.45) is 4.99 Å². The highest BCUT2D eigenvalue weighted by molar-refractivity contribution is 14.0. The van der Waals surface area contributed by atoms with Crippen molar-refractivity contribution in [1.29, 1.82) is 0 Å². The first-order valence-corrected chi connectivity index (χ1v) is 11.2. The van der Waals surface area contributed by atoms with Gasteiger partial charge in [-0.05, 0) is 48.9 Å². The molecule has 0 radical (unpaired) electrons. The second kappa shape index (κ2) is 11.7. The lowest BCUT2D eigenvalue weighted by Crippen LogP contribution is -2.43. The number of hydrogen-bond donors (Lipinski definition) is 2. The normalized spacial score (nSPS) is 11.8. The van der Waals surface area contributed by atoms with Crippen molar-refractivity contribution in [3.63, 3.8) is 0 Å². The van der Waals surface area contributed by atoms with E-state index in [1.54, 1.807) is 31.4 Å². The van der Waals surface area contributed by atoms with Crippen LogP contribution in [-0.4, -0.2) is 53.0 Å². The first-order valence-electron chi connectivity index (χ1n) is 8.84. The molecule has 6 nitrogen and oxygen atoms in total. The lowest BCUT2D eigenvalue weighted by molar-refractivity contribution is 0.486. The number of likely N-dealkylation sites (N-methyl/N-ethyl adjacent to an activating group) is 1. The van der Waals surface area contributed by atoms with Gasteiger partial charge in [0.15, 0.2) is 5.96 Å². The summed E-state index contributed by atoms with van der Waals surface area (Å²) in [7, 11) is 0.182. The number of nitrogens with zero attached hydrogens (tertiary/aromatic N) is 2. The maximum Gasteiger partial charge on any atom is 0.240 e. The van der Waals surface area contributed by atoms with Gasteiger partial charge in [0.2, 0.25) is 10.0 Å². The second-order valence-corrected chi connectivity index (χ2v) is 9.16. The number of guanidine groups is 1. The third-order valence-electron chi connectivity index (χ3n) is 4.18. The molecule has 0 spiro atoms. The molecule has 2 aromatic rings. The molecule has 28 heavy (non-hydrogen) atoms. The van der Waals surface area contributed by atoms with Gasteiger partial charge in [-0.1, -0.05) is 18.2 Å². The highest BCUT2D eigenvalue weighted by Crippen LogP contribution is 2.16. The summed E-state index contributed by atoms with van der Waals surface area (Å²) in [6.45, 7) is 5.27. The molecule has 1 aromatic heterocycles. The fraction of sp³-hybridized carbons (Fsp3) is 0.421. The largest absolute Gasteiger partial charge is 0.355 e. The van der Waals surface area contributed by atoms with E-state index >= 15 is 0 Å². The van der Waals surface area contributed by atoms with E-state index in [0.717, 1.165) is 30.1 Å². The van der Waals surface area contributed by atoms with E-state index in [9.17, 15) is 8.42 Å². The van der Waals surface area contributed by atoms with Crippen LogP contribution < -0.4 is 10.0 Å². The van der Waals surface area contributed by atoms with Gasteiger partial charge in [-0.25, -0.2) is 13.1 Å². The number of aliphatic imine (C=N–C) groups is 1. The number of hydrogen-bond acceptors (Lipinski definition) is 4. The molecule has 0 bridgehead atoms. The molecule has 1 aromatic carbocycles. The van der Waals surface area contributed by atoms with Crippen LogP contribution in [0.2, 0.25) is 0 Å². The van der Waals surface area contributed by atoms with E-state index in [4.69, 9.17) is 0 Å². The number of rotatable bonds is 8. The van der Waals surface area contributed by atoms with Gasteiger partial charge in [0.1, 0.15) is 0 Å². The first kappa shape index (κ1) is 24.9. The van der Waals surface area contributed by atoms with Gasteiger partial charge in [-0.15, -0.1) is 35.3 Å². The molecule has 0 aliphatic heterocycles. The van der Waals surface area contributed by atoms with E-state index < -0.39 is 10.0 Å². The predicted molar refractivity (Wildman–Crippen MR) is 129 cm³/mol. The molecule has 0 aliphatic carbocycles. The molecule has 0 unspecified atom stereocenters. The standard InChI is InChI=1S/C19H28N4O2S2.HI/c1-15-7-8-16(2)18(14-15)27(24,25)22-11-10-21-19(20-3)23(4)12-9-17-6-5-13-26-17;/h5-8,13-14,22H,9-12H2,1-4H3,(H,20,21);1H. The van der Waals surface area contributed by atoms with Crippen molar-refractivity contribution in [2.45, 2.75) is 25.2 Å². The quantitative estimate of drug-likeness (QED) is 0.236. The van der Waals surface area contributed by atoms with E-state index in [-0.39, 0.29) is 30.5 Å². The summed E-state index contributed by atoms with van der Waals surface area (Å²) in [5.41, 5.74) is 1.66. The highest BCUT2D eigenvalue weighted by atomic mass is 127. The van der Waals surface area contributed by atoms with Crippen LogP contribution in [0, 0.1) is 13.8 Å². The van der Waals surface area contributed by atoms with E-state index in [2.05, 4.69) is 32.5 Å². The van der Waals surface area contributed by atoms with Crippen LogP contribution in [0.15, 0.2) is 45.6 Å². The summed E-state index contributed by atoms with van der Waals surface area (Å²) in [4.78, 5) is 7.97. The zero-order valence-corrected chi connectivity index (χ0v) is 20.7. The molecule has 0 aliphatic rings. The van der Waals surface area contributed by atoms with E-state index in [1.165, 1.54) is 4.88 Å². The lowest BCUT2D eigenvalue weighted by atomic mass is 10.2. The smallest absolute Gasteiger partial charge is 0.240 e. The summed E-state index contributed by atoms with van der Waals surface area (Å²) in [6.07, 6.45) is 0.953. The predicted octanol–water partition coefficient (Wildman–Crippen LogP) is 3.01. The molecule has 0 amide bonds. The minimum absolute atomic E-state index is 0. The van der Waals surface area contributed by atoms with Crippen LogP contribution in [0.25, 0.3) is 0 Å². The molecule has 2 N–H and O–H groups in total. The third kappa shape index (κ3) is 7.34. The Hall–Kier alpha value is -1.17. The molecule has 0 saturated carbocycles. The minimum Gasteiger partial charge on any atom is -0.355 e. The van der Waals surface area contributed by atoms with Crippen LogP contribution in [0.5, 0.6) is 0 Å². The first-order chi connectivity index (χ1) is 12.8. The average molecular weight is 537 g/mol. The summed E-state index contributed by atoms with van der Waals surface area (Å²) in [5, 5.41) is 5.28. The van der Waals surface area contributed by atoms with Crippen molar-refractivity contribution in [1.82, 2.24) is 14.9 Å². The second-order valence-electron chi connectivity index (χ2n) is 6.39. The highest BCUT2D eigenvalue weighted by Gasteiger charge is 2.16. The van der Waals surface area contributed by atoms with Crippen LogP contribution in [0.4, 0.5) is 0 Å². The van der Waals surface area contributed by atoms with E-state index in [0.29, 0.717) is 11.4 Å². The molecular formula is C19H29IN4O2S2. The molecule has 1 heterocycles. The Labute approximate surface area is 189 Å². The Morgan fingerprint density at radius 1 is 1.21 bits per heavy atom. The summed E-state index contributed by atoms with van der Waals surface area (Å²) >= 11 is 1.74.